The molecule has 0 radical (unpaired) electrons. The van der Waals surface area contributed by atoms with Crippen molar-refractivity contribution in [2.24, 2.45) is 11.3 Å². The number of carbonyl (C=O) groups is 4. The Bertz CT molecular complexity index is 1960. The number of benzene rings is 1. The molecule has 55 heavy (non-hydrogen) atoms. The first-order valence-corrected chi connectivity index (χ1v) is 19.4. The van der Waals surface area contributed by atoms with Gasteiger partial charge in [0.1, 0.15) is 29.5 Å². The fourth-order valence-corrected chi connectivity index (χ4v) is 7.71. The van der Waals surface area contributed by atoms with Gasteiger partial charge in [0.2, 0.25) is 23.3 Å². The molecule has 0 unspecified atom stereocenters. The molecule has 1 saturated heterocycles. The van der Waals surface area contributed by atoms with Crippen molar-refractivity contribution in [1.29, 1.82) is 0 Å². The normalized spacial score (nSPS) is 23.5. The molecule has 2 aromatic rings. The maximum absolute atomic E-state index is 14.4. The Morgan fingerprint density at radius 2 is 1.73 bits per heavy atom. The molecule has 3 N–H and O–H groups in total. The monoisotopic (exact) mass is 819 g/mol. The SMILES string of the molecule is CC[C@@H]1C[C@]1(NC(=O)[C@@H]1C[C@@H](Oc2nccc3c(Cl)c(OC)ccc23)CN1C(=O)[C@@H](NC(=O)OC(C)(C)C(F)(F)F)C(C)(C)C)C(=O)NS(=O)(=O)OC1CC1. The number of methoxy groups -OCH3 is 1. The molecule has 5 atom stereocenters. The Balaban J connectivity index is 1.45. The van der Waals surface area contributed by atoms with E-state index < -0.39 is 87.1 Å². The number of ether oxygens (including phenoxy) is 3. The number of fused-ring (bicyclic) bond motifs is 1. The average molecular weight is 820 g/mol. The maximum Gasteiger partial charge on any atom is 0.427 e. The highest BCUT2D eigenvalue weighted by atomic mass is 35.5. The van der Waals surface area contributed by atoms with Crippen LogP contribution in [-0.4, -0.2) is 97.4 Å². The van der Waals surface area contributed by atoms with Gasteiger partial charge in [0.25, 0.3) is 5.91 Å². The number of aromatic nitrogens is 1. The van der Waals surface area contributed by atoms with Gasteiger partial charge in [0.05, 0.1) is 24.8 Å². The van der Waals surface area contributed by atoms with Crippen molar-refractivity contribution in [3.8, 4) is 11.6 Å². The summed E-state index contributed by atoms with van der Waals surface area (Å²) in [6.45, 7) is 7.48. The van der Waals surface area contributed by atoms with Gasteiger partial charge >= 0.3 is 22.6 Å². The zero-order chi connectivity index (χ0) is 40.9. The molecule has 1 aromatic heterocycles. The summed E-state index contributed by atoms with van der Waals surface area (Å²) in [7, 11) is -3.03. The summed E-state index contributed by atoms with van der Waals surface area (Å²) >= 11 is 6.53. The minimum atomic E-state index is -4.93. The van der Waals surface area contributed by atoms with Crippen molar-refractivity contribution in [2.45, 2.75) is 115 Å². The zero-order valence-corrected chi connectivity index (χ0v) is 32.9. The van der Waals surface area contributed by atoms with E-state index in [-0.39, 0.29) is 30.3 Å². The molecule has 2 heterocycles. The number of pyridine rings is 1. The first kappa shape index (κ1) is 42.1. The fraction of sp³-hybridized carbons (Fsp3) is 0.629. The second kappa shape index (κ2) is 15.1. The van der Waals surface area contributed by atoms with Crippen LogP contribution in [0.5, 0.6) is 11.6 Å². The average Bonchev–Trinajstić information content (AvgIpc) is 3.98. The number of alkyl carbamates (subject to hydrolysis) is 1. The third-order valence-corrected chi connectivity index (χ3v) is 11.3. The predicted molar refractivity (Wildman–Crippen MR) is 191 cm³/mol. The van der Waals surface area contributed by atoms with Crippen LogP contribution in [0.2, 0.25) is 5.02 Å². The van der Waals surface area contributed by atoms with Crippen LogP contribution in [0.25, 0.3) is 10.8 Å². The summed E-state index contributed by atoms with van der Waals surface area (Å²) in [5.41, 5.74) is -5.69. The smallest absolute Gasteiger partial charge is 0.427 e. The summed E-state index contributed by atoms with van der Waals surface area (Å²) < 4.78 is 88.9. The largest absolute Gasteiger partial charge is 0.495 e. The Hall–Kier alpha value is -4.10. The van der Waals surface area contributed by atoms with Gasteiger partial charge in [-0.05, 0) is 62.6 Å². The molecule has 3 aliphatic rings. The summed E-state index contributed by atoms with van der Waals surface area (Å²) in [4.78, 5) is 60.5. The molecule has 0 bridgehead atoms. The van der Waals surface area contributed by atoms with Gasteiger partial charge in [-0.15, -0.1) is 0 Å². The molecule has 0 spiro atoms. The van der Waals surface area contributed by atoms with Crippen LogP contribution in [0, 0.1) is 11.3 Å². The summed E-state index contributed by atoms with van der Waals surface area (Å²) in [5, 5.41) is 6.25. The summed E-state index contributed by atoms with van der Waals surface area (Å²) in [6, 6.07) is 2.03. The molecular formula is C35H45ClF3N5O10S. The van der Waals surface area contributed by atoms with Gasteiger partial charge in [0.15, 0.2) is 0 Å². The van der Waals surface area contributed by atoms with Crippen LogP contribution in [0.15, 0.2) is 24.4 Å². The van der Waals surface area contributed by atoms with Crippen molar-refractivity contribution >= 4 is 56.5 Å². The van der Waals surface area contributed by atoms with Crippen LogP contribution in [0.1, 0.15) is 73.6 Å². The summed E-state index contributed by atoms with van der Waals surface area (Å²) in [6.07, 6.45) is -5.12. The van der Waals surface area contributed by atoms with E-state index in [4.69, 9.17) is 30.0 Å². The van der Waals surface area contributed by atoms with E-state index >= 15 is 0 Å². The highest BCUT2D eigenvalue weighted by molar-refractivity contribution is 7.85. The molecule has 1 aliphatic heterocycles. The van der Waals surface area contributed by atoms with Crippen molar-refractivity contribution in [1.82, 2.24) is 25.2 Å². The minimum absolute atomic E-state index is 0.0950. The molecule has 20 heteroatoms. The lowest BCUT2D eigenvalue weighted by atomic mass is 9.85. The topological polar surface area (TPSA) is 192 Å². The number of hydrogen-bond acceptors (Lipinski definition) is 11. The van der Waals surface area contributed by atoms with Crippen LogP contribution < -0.4 is 24.8 Å². The Morgan fingerprint density at radius 1 is 1.05 bits per heavy atom. The van der Waals surface area contributed by atoms with Gasteiger partial charge in [-0.1, -0.05) is 45.7 Å². The second-order valence-electron chi connectivity index (χ2n) is 15.6. The Labute approximate surface area is 321 Å². The van der Waals surface area contributed by atoms with Crippen molar-refractivity contribution in [3.63, 3.8) is 0 Å². The van der Waals surface area contributed by atoms with E-state index in [2.05, 4.69) is 15.6 Å². The molecule has 2 aliphatic carbocycles. The van der Waals surface area contributed by atoms with Crippen molar-refractivity contribution < 1.29 is 59.2 Å². The lowest BCUT2D eigenvalue weighted by molar-refractivity contribution is -0.244. The van der Waals surface area contributed by atoms with Gasteiger partial charge in [-0.25, -0.2) is 14.5 Å². The zero-order valence-electron chi connectivity index (χ0n) is 31.3. The van der Waals surface area contributed by atoms with Crippen LogP contribution in [-0.2, 0) is 33.6 Å². The highest BCUT2D eigenvalue weighted by Gasteiger charge is 2.62. The van der Waals surface area contributed by atoms with Crippen molar-refractivity contribution in [3.05, 3.63) is 29.4 Å². The number of carbonyl (C=O) groups excluding carboxylic acids is 4. The number of alkyl halides is 3. The number of nitrogens with zero attached hydrogens (tertiary/aromatic N) is 2. The molecule has 3 fully saturated rings. The number of hydrogen-bond donors (Lipinski definition) is 3. The first-order valence-electron chi connectivity index (χ1n) is 17.6. The van der Waals surface area contributed by atoms with E-state index in [0.29, 0.717) is 49.6 Å². The van der Waals surface area contributed by atoms with E-state index in [1.807, 2.05) is 4.72 Å². The molecule has 2 saturated carbocycles. The van der Waals surface area contributed by atoms with E-state index in [1.54, 1.807) is 45.9 Å². The Kier molecular flexibility index (Phi) is 11.5. The number of nitrogens with one attached hydrogen (secondary N) is 3. The molecule has 4 amide bonds. The molecule has 1 aromatic carbocycles. The Morgan fingerprint density at radius 3 is 2.29 bits per heavy atom. The number of halogens is 4. The lowest BCUT2D eigenvalue weighted by Gasteiger charge is -2.36. The van der Waals surface area contributed by atoms with Gasteiger partial charge in [-0.2, -0.15) is 21.6 Å². The molecular weight excluding hydrogens is 775 g/mol. The highest BCUT2D eigenvalue weighted by Crippen LogP contribution is 2.47. The number of rotatable bonds is 13. The third kappa shape index (κ3) is 9.14. The first-order chi connectivity index (χ1) is 25.4. The van der Waals surface area contributed by atoms with Gasteiger partial charge in [0, 0.05) is 23.4 Å². The maximum atomic E-state index is 14.4. The lowest BCUT2D eigenvalue weighted by Crippen LogP contribution is -2.60. The van der Waals surface area contributed by atoms with Crippen LogP contribution in [0.3, 0.4) is 0 Å². The summed E-state index contributed by atoms with van der Waals surface area (Å²) in [5.74, 6) is -2.65. The molecule has 15 nitrogen and oxygen atoms in total. The van der Waals surface area contributed by atoms with E-state index in [9.17, 15) is 40.8 Å². The predicted octanol–water partition coefficient (Wildman–Crippen LogP) is 4.55. The van der Waals surface area contributed by atoms with E-state index in [1.165, 1.54) is 13.3 Å². The van der Waals surface area contributed by atoms with Gasteiger partial charge < -0.3 is 29.7 Å². The second-order valence-corrected chi connectivity index (χ2v) is 17.2. The minimum Gasteiger partial charge on any atom is -0.495 e. The van der Waals surface area contributed by atoms with Crippen molar-refractivity contribution in [2.75, 3.05) is 13.7 Å². The number of amides is 4. The molecule has 5 rings (SSSR count). The quantitative estimate of drug-likeness (QED) is 0.257. The van der Waals surface area contributed by atoms with Crippen LogP contribution >= 0.6 is 11.6 Å². The van der Waals surface area contributed by atoms with E-state index in [0.717, 1.165) is 4.90 Å². The fourth-order valence-electron chi connectivity index (χ4n) is 6.39. The standard InChI is InChI=1S/C35H45ClF3N5O10S/c1-8-18-16-34(18,30(47)43-55(49,50)54-19-9-10-19)42-27(45)23-15-20(52-28-22-11-12-24(51-7)25(36)21(22)13-14-40-28)17-44(23)29(46)26(32(2,3)4)41-31(48)53-33(5,6)35(37,38)39/h11-14,18-20,23,26H,8-10,15-17H2,1-7H3,(H,41,48)(H,42,45)(H,43,47)/t18-,20-,23+,26-,34-/m1/s1. The van der Waals surface area contributed by atoms with Crippen LogP contribution in [0.4, 0.5) is 18.0 Å². The third-order valence-electron chi connectivity index (χ3n) is 9.91. The number of likely N-dealkylation sites (tertiary alicyclic amines) is 1. The molecule has 304 valence electrons. The van der Waals surface area contributed by atoms with Gasteiger partial charge in [-0.3, -0.25) is 18.6 Å².